The first-order chi connectivity index (χ1) is 18.1. The van der Waals surface area contributed by atoms with Crippen molar-refractivity contribution in [1.29, 1.82) is 0 Å². The molecule has 0 amide bonds. The Balaban J connectivity index is 1.48. The van der Waals surface area contributed by atoms with E-state index < -0.39 is 11.4 Å². The third kappa shape index (κ3) is 5.43. The van der Waals surface area contributed by atoms with Gasteiger partial charge in [-0.2, -0.15) is 0 Å². The summed E-state index contributed by atoms with van der Waals surface area (Å²) in [6, 6.07) is 11.8. The van der Waals surface area contributed by atoms with Crippen LogP contribution in [0.5, 0.6) is 5.75 Å². The van der Waals surface area contributed by atoms with Crippen LogP contribution in [0.1, 0.15) is 67.9 Å². The van der Waals surface area contributed by atoms with Crippen LogP contribution < -0.4 is 9.64 Å². The summed E-state index contributed by atoms with van der Waals surface area (Å²) >= 11 is 5.11. The molecule has 1 fully saturated rings. The van der Waals surface area contributed by atoms with E-state index in [2.05, 4.69) is 21.4 Å². The highest BCUT2D eigenvalue weighted by atomic mass is 35.5. The lowest BCUT2D eigenvalue weighted by Crippen LogP contribution is -2.48. The number of benzene rings is 2. The molecule has 0 radical (unpaired) electrons. The van der Waals surface area contributed by atoms with E-state index in [1.54, 1.807) is 6.07 Å². The molecule has 204 valence electrons. The lowest BCUT2D eigenvalue weighted by atomic mass is 9.69. The first-order valence-corrected chi connectivity index (χ1v) is 14.9. The number of carbonyl (C=O) groups is 1. The molecule has 0 unspecified atom stereocenters. The number of fused-ring (bicyclic) bond motifs is 3. The van der Waals surface area contributed by atoms with E-state index in [1.807, 2.05) is 45.2 Å². The molecule has 1 aliphatic heterocycles. The van der Waals surface area contributed by atoms with Crippen LogP contribution in [-0.4, -0.2) is 48.3 Å². The number of carbonyl (C=O) groups excluding carboxylic acids is 1. The number of aryl methyl sites for hydroxylation is 1. The van der Waals surface area contributed by atoms with E-state index >= 15 is 0 Å². The highest BCUT2D eigenvalue weighted by molar-refractivity contribution is 7.91. The van der Waals surface area contributed by atoms with Crippen molar-refractivity contribution in [2.24, 2.45) is 16.2 Å². The van der Waals surface area contributed by atoms with Crippen LogP contribution in [0, 0.1) is 11.8 Å². The van der Waals surface area contributed by atoms with Gasteiger partial charge in [-0.15, -0.1) is 0 Å². The van der Waals surface area contributed by atoms with Crippen LogP contribution in [0.2, 0.25) is 5.02 Å². The number of anilines is 1. The van der Waals surface area contributed by atoms with Gasteiger partial charge in [0, 0.05) is 29.4 Å². The average molecular weight is 557 g/mol. The largest absolute Gasteiger partial charge is 0.591 e. The zero-order valence-electron chi connectivity index (χ0n) is 22.7. The lowest BCUT2D eigenvalue weighted by molar-refractivity contribution is 0.0600. The Bertz CT molecular complexity index is 1230. The summed E-state index contributed by atoms with van der Waals surface area (Å²) in [7, 11) is 1.40. The summed E-state index contributed by atoms with van der Waals surface area (Å²) in [5, 5.41) is 0.766. The molecule has 1 spiro atoms. The number of hydrogen-bond donors (Lipinski definition) is 0. The zero-order chi connectivity index (χ0) is 27.1. The number of halogens is 1. The van der Waals surface area contributed by atoms with Crippen molar-refractivity contribution in [2.75, 3.05) is 31.7 Å². The predicted octanol–water partition coefficient (Wildman–Crippen LogP) is 6.16. The molecule has 2 aromatic carbocycles. The van der Waals surface area contributed by atoms with Gasteiger partial charge in [0.1, 0.15) is 21.9 Å². The van der Waals surface area contributed by atoms with Crippen LogP contribution in [0.25, 0.3) is 0 Å². The minimum Gasteiger partial charge on any atom is -0.591 e. The van der Waals surface area contributed by atoms with E-state index in [0.717, 1.165) is 61.7 Å². The number of hydrogen-bond acceptors (Lipinski definition) is 6. The van der Waals surface area contributed by atoms with Crippen molar-refractivity contribution < 1.29 is 18.8 Å². The average Bonchev–Trinajstić information content (AvgIpc) is 3.02. The van der Waals surface area contributed by atoms with Crippen molar-refractivity contribution in [1.82, 2.24) is 0 Å². The van der Waals surface area contributed by atoms with Crippen molar-refractivity contribution in [3.05, 3.63) is 58.1 Å². The van der Waals surface area contributed by atoms with E-state index in [-0.39, 0.29) is 22.0 Å². The Morgan fingerprint density at radius 1 is 1.29 bits per heavy atom. The molecule has 4 atom stereocenters. The second-order valence-corrected chi connectivity index (χ2v) is 14.3. The van der Waals surface area contributed by atoms with E-state index in [4.69, 9.17) is 21.1 Å². The molecule has 0 bridgehead atoms. The minimum atomic E-state index is -1.26. The SMILES string of the molecule is COC(=O)c1ccc2c(c1)N(C[C@@H]1CC[C@H]1/C=N/[S@@+]([O-])C(C)(C)C)C[C@@]1(CCCc3cc(Cl)ccc31)CO2. The third-order valence-electron chi connectivity index (χ3n) is 8.26. The van der Waals surface area contributed by atoms with Crippen LogP contribution in [0.3, 0.4) is 0 Å². The molecule has 3 aliphatic rings. The summed E-state index contributed by atoms with van der Waals surface area (Å²) in [5.74, 6) is 1.09. The molecule has 6 nitrogen and oxygen atoms in total. The van der Waals surface area contributed by atoms with Crippen molar-refractivity contribution in [3.63, 3.8) is 0 Å². The second-order valence-electron chi connectivity index (χ2n) is 11.9. The van der Waals surface area contributed by atoms with Gasteiger partial charge in [0.2, 0.25) is 0 Å². The maximum atomic E-state index is 12.5. The summed E-state index contributed by atoms with van der Waals surface area (Å²) in [6.07, 6.45) is 7.16. The van der Waals surface area contributed by atoms with Gasteiger partial charge in [0.25, 0.3) is 0 Å². The topological polar surface area (TPSA) is 74.2 Å². The maximum Gasteiger partial charge on any atom is 0.337 e. The van der Waals surface area contributed by atoms with Crippen molar-refractivity contribution in [3.8, 4) is 5.75 Å². The van der Waals surface area contributed by atoms with Gasteiger partial charge in [-0.05, 0) is 100 Å². The van der Waals surface area contributed by atoms with Crippen LogP contribution in [0.15, 0.2) is 40.8 Å². The fourth-order valence-corrected chi connectivity index (χ4v) is 6.73. The fourth-order valence-electron chi connectivity index (χ4n) is 5.95. The third-order valence-corrected chi connectivity index (χ3v) is 9.86. The van der Waals surface area contributed by atoms with Gasteiger partial charge in [-0.1, -0.05) is 22.1 Å². The van der Waals surface area contributed by atoms with Gasteiger partial charge in [0.05, 0.1) is 31.2 Å². The predicted molar refractivity (Wildman–Crippen MR) is 154 cm³/mol. The number of rotatable bonds is 5. The standard InChI is InChI=1S/C30H37ClN2O4S/c1-29(2,3)38(35)32-16-22-7-8-23(22)17-33-18-30(13-5-6-20-14-24(31)10-11-25(20)30)19-37-27-12-9-21(15-26(27)33)28(34)36-4/h9-12,14-16,22-23H,5-8,13,17-19H2,1-4H3/b32-16+/t22-,23-,30-,38-/m0/s1. The second kappa shape index (κ2) is 10.7. The molecule has 0 N–H and O–H groups in total. The molecule has 8 heteroatoms. The Kier molecular flexibility index (Phi) is 7.73. The molecular formula is C30H37ClN2O4S. The molecule has 38 heavy (non-hydrogen) atoms. The Morgan fingerprint density at radius 3 is 2.82 bits per heavy atom. The van der Waals surface area contributed by atoms with Crippen molar-refractivity contribution in [2.45, 2.75) is 63.0 Å². The molecule has 1 heterocycles. The fraction of sp³-hybridized carbons (Fsp3) is 0.533. The normalized spacial score (nSPS) is 25.7. The molecule has 2 aliphatic carbocycles. The van der Waals surface area contributed by atoms with Crippen LogP contribution in [0.4, 0.5) is 5.69 Å². The summed E-state index contributed by atoms with van der Waals surface area (Å²) in [5.41, 5.74) is 3.87. The Morgan fingerprint density at radius 2 is 2.11 bits per heavy atom. The van der Waals surface area contributed by atoms with E-state index in [9.17, 15) is 9.35 Å². The summed E-state index contributed by atoms with van der Waals surface area (Å²) in [4.78, 5) is 14.8. The van der Waals surface area contributed by atoms with Gasteiger partial charge >= 0.3 is 5.97 Å². The number of esters is 1. The molecule has 2 aromatic rings. The van der Waals surface area contributed by atoms with Gasteiger partial charge in [-0.25, -0.2) is 4.79 Å². The number of ether oxygens (including phenoxy) is 2. The molecule has 0 aromatic heterocycles. The summed E-state index contributed by atoms with van der Waals surface area (Å²) in [6.45, 7) is 8.00. The van der Waals surface area contributed by atoms with Crippen LogP contribution in [-0.2, 0) is 27.9 Å². The van der Waals surface area contributed by atoms with Crippen molar-refractivity contribution >= 4 is 40.8 Å². The molecule has 1 saturated carbocycles. The first kappa shape index (κ1) is 27.4. The first-order valence-electron chi connectivity index (χ1n) is 13.4. The van der Waals surface area contributed by atoms with Gasteiger partial charge in [0.15, 0.2) is 0 Å². The van der Waals surface area contributed by atoms with E-state index in [1.165, 1.54) is 18.2 Å². The molecule has 0 saturated heterocycles. The quantitative estimate of drug-likeness (QED) is 0.250. The van der Waals surface area contributed by atoms with E-state index in [0.29, 0.717) is 18.1 Å². The number of methoxy groups -OCH3 is 1. The van der Waals surface area contributed by atoms with Gasteiger partial charge in [-0.3, -0.25) is 0 Å². The zero-order valence-corrected chi connectivity index (χ0v) is 24.2. The monoisotopic (exact) mass is 556 g/mol. The Hall–Kier alpha value is -2.22. The van der Waals surface area contributed by atoms with Gasteiger partial charge < -0.3 is 18.9 Å². The maximum absolute atomic E-state index is 12.5. The highest BCUT2D eigenvalue weighted by Crippen LogP contribution is 2.46. The smallest absolute Gasteiger partial charge is 0.337 e. The minimum absolute atomic E-state index is 0.177. The highest BCUT2D eigenvalue weighted by Gasteiger charge is 2.43. The Labute approximate surface area is 234 Å². The lowest BCUT2D eigenvalue weighted by Gasteiger charge is -2.43. The summed E-state index contributed by atoms with van der Waals surface area (Å²) < 4.78 is 28.1. The molecular weight excluding hydrogens is 520 g/mol. The van der Waals surface area contributed by atoms with Crippen LogP contribution >= 0.6 is 11.6 Å². The molecule has 5 rings (SSSR count). The number of nitrogens with zero attached hydrogens (tertiary/aromatic N) is 2.